The number of nitriles is 1. The summed E-state index contributed by atoms with van der Waals surface area (Å²) in [5, 5.41) is 19.9. The highest BCUT2D eigenvalue weighted by Gasteiger charge is 2.25. The Morgan fingerprint density at radius 3 is 2.74 bits per heavy atom. The fraction of sp³-hybridized carbons (Fsp3) is 0.500. The molecule has 0 radical (unpaired) electrons. The van der Waals surface area contributed by atoms with E-state index in [1.54, 1.807) is 6.07 Å². The van der Waals surface area contributed by atoms with Gasteiger partial charge in [0.25, 0.3) is 5.69 Å². The van der Waals surface area contributed by atoms with Gasteiger partial charge >= 0.3 is 0 Å². The van der Waals surface area contributed by atoms with Crippen molar-refractivity contribution >= 4 is 11.4 Å². The fourth-order valence-corrected chi connectivity index (χ4v) is 2.48. The third-order valence-corrected chi connectivity index (χ3v) is 3.99. The Hall–Kier alpha value is -2.09. The molecule has 1 fully saturated rings. The van der Waals surface area contributed by atoms with Gasteiger partial charge in [-0.1, -0.05) is 13.8 Å². The van der Waals surface area contributed by atoms with Gasteiger partial charge in [-0.3, -0.25) is 10.1 Å². The van der Waals surface area contributed by atoms with Crippen LogP contribution in [0.3, 0.4) is 0 Å². The van der Waals surface area contributed by atoms with Crippen molar-refractivity contribution in [2.45, 2.75) is 20.3 Å². The Morgan fingerprint density at radius 2 is 2.16 bits per heavy atom. The van der Waals surface area contributed by atoms with Crippen LogP contribution in [0.15, 0.2) is 18.2 Å². The van der Waals surface area contributed by atoms with E-state index in [1.807, 2.05) is 0 Å². The topological polar surface area (TPSA) is 70.2 Å². The van der Waals surface area contributed by atoms with Crippen molar-refractivity contribution in [2.24, 2.45) is 11.8 Å². The maximum absolute atomic E-state index is 10.7. The molecule has 1 heterocycles. The van der Waals surface area contributed by atoms with Crippen molar-refractivity contribution in [3.63, 3.8) is 0 Å². The van der Waals surface area contributed by atoms with Crippen LogP contribution in [0.2, 0.25) is 0 Å². The van der Waals surface area contributed by atoms with Crippen LogP contribution in [0.5, 0.6) is 0 Å². The first-order valence-corrected chi connectivity index (χ1v) is 6.46. The van der Waals surface area contributed by atoms with Gasteiger partial charge in [-0.05, 0) is 24.3 Å². The van der Waals surface area contributed by atoms with Gasteiger partial charge in [0.2, 0.25) is 0 Å². The zero-order valence-electron chi connectivity index (χ0n) is 11.2. The predicted molar refractivity (Wildman–Crippen MR) is 73.0 cm³/mol. The monoisotopic (exact) mass is 259 g/mol. The summed E-state index contributed by atoms with van der Waals surface area (Å²) in [6, 6.07) is 6.59. The number of rotatable bonds is 2. The SMILES string of the molecule is CC1CCN(c2ccc([N+](=O)[O-])cc2C#N)CC1C. The highest BCUT2D eigenvalue weighted by molar-refractivity contribution is 5.63. The molecule has 0 spiro atoms. The number of anilines is 1. The second-order valence-corrected chi connectivity index (χ2v) is 5.26. The molecule has 19 heavy (non-hydrogen) atoms. The second-order valence-electron chi connectivity index (χ2n) is 5.26. The van der Waals surface area contributed by atoms with Crippen molar-refractivity contribution in [3.8, 4) is 6.07 Å². The Morgan fingerprint density at radius 1 is 1.42 bits per heavy atom. The summed E-state index contributed by atoms with van der Waals surface area (Å²) in [5.74, 6) is 1.25. The molecule has 2 unspecified atom stereocenters. The van der Waals surface area contributed by atoms with Gasteiger partial charge in [0, 0.05) is 25.2 Å². The Balaban J connectivity index is 2.30. The lowest BCUT2D eigenvalue weighted by atomic mass is 9.88. The van der Waals surface area contributed by atoms with Gasteiger partial charge in [0.05, 0.1) is 16.2 Å². The molecule has 0 N–H and O–H groups in total. The van der Waals surface area contributed by atoms with Crippen LogP contribution in [0, 0.1) is 33.3 Å². The van der Waals surface area contributed by atoms with E-state index in [1.165, 1.54) is 12.1 Å². The van der Waals surface area contributed by atoms with Gasteiger partial charge in [0.15, 0.2) is 0 Å². The maximum Gasteiger partial charge on any atom is 0.270 e. The van der Waals surface area contributed by atoms with Crippen LogP contribution >= 0.6 is 0 Å². The minimum atomic E-state index is -0.467. The molecule has 1 aliphatic rings. The first-order chi connectivity index (χ1) is 9.02. The molecule has 1 aromatic carbocycles. The van der Waals surface area contributed by atoms with E-state index in [-0.39, 0.29) is 5.69 Å². The van der Waals surface area contributed by atoms with E-state index >= 15 is 0 Å². The van der Waals surface area contributed by atoms with Crippen LogP contribution in [0.25, 0.3) is 0 Å². The lowest BCUT2D eigenvalue weighted by molar-refractivity contribution is -0.384. The molecule has 0 aliphatic carbocycles. The molecule has 2 rings (SSSR count). The normalized spacial score (nSPS) is 22.9. The molecule has 0 aromatic heterocycles. The van der Waals surface area contributed by atoms with Crippen molar-refractivity contribution < 1.29 is 4.92 Å². The Bertz CT molecular complexity index is 536. The molecule has 1 saturated heterocycles. The van der Waals surface area contributed by atoms with Crippen LogP contribution in [-0.4, -0.2) is 18.0 Å². The number of nitrogens with zero attached hydrogens (tertiary/aromatic N) is 3. The highest BCUT2D eigenvalue weighted by Crippen LogP contribution is 2.30. The predicted octanol–water partition coefficient (Wildman–Crippen LogP) is 2.95. The molecule has 5 heteroatoms. The Kier molecular flexibility index (Phi) is 3.70. The van der Waals surface area contributed by atoms with E-state index in [0.717, 1.165) is 25.2 Å². The van der Waals surface area contributed by atoms with Crippen LogP contribution in [0.1, 0.15) is 25.8 Å². The van der Waals surface area contributed by atoms with Gasteiger partial charge in [0.1, 0.15) is 6.07 Å². The number of nitro groups is 1. The molecule has 0 saturated carbocycles. The fourth-order valence-electron chi connectivity index (χ4n) is 2.48. The molecule has 5 nitrogen and oxygen atoms in total. The summed E-state index contributed by atoms with van der Waals surface area (Å²) in [6.45, 7) is 6.24. The smallest absolute Gasteiger partial charge is 0.270 e. The van der Waals surface area contributed by atoms with Crippen LogP contribution < -0.4 is 4.90 Å². The summed E-state index contributed by atoms with van der Waals surface area (Å²) in [7, 11) is 0. The number of hydrogen-bond donors (Lipinski definition) is 0. The van der Waals surface area contributed by atoms with E-state index in [2.05, 4.69) is 24.8 Å². The number of hydrogen-bond acceptors (Lipinski definition) is 4. The second kappa shape index (κ2) is 5.27. The number of non-ortho nitro benzene ring substituents is 1. The van der Waals surface area contributed by atoms with Gasteiger partial charge in [-0.2, -0.15) is 5.26 Å². The summed E-state index contributed by atoms with van der Waals surface area (Å²) < 4.78 is 0. The quantitative estimate of drug-likeness (QED) is 0.604. The molecule has 100 valence electrons. The Labute approximate surface area is 112 Å². The molecule has 1 aromatic rings. The van der Waals surface area contributed by atoms with E-state index in [0.29, 0.717) is 17.4 Å². The van der Waals surface area contributed by atoms with Crippen LogP contribution in [0.4, 0.5) is 11.4 Å². The third-order valence-electron chi connectivity index (χ3n) is 3.99. The lowest BCUT2D eigenvalue weighted by Gasteiger charge is -2.37. The molecule has 0 amide bonds. The van der Waals surface area contributed by atoms with Crippen molar-refractivity contribution in [1.82, 2.24) is 0 Å². The summed E-state index contributed by atoms with van der Waals surface area (Å²) in [4.78, 5) is 12.4. The first-order valence-electron chi connectivity index (χ1n) is 6.46. The molecular weight excluding hydrogens is 242 g/mol. The van der Waals surface area contributed by atoms with E-state index in [9.17, 15) is 15.4 Å². The molecule has 0 bridgehead atoms. The zero-order chi connectivity index (χ0) is 14.0. The van der Waals surface area contributed by atoms with Crippen LogP contribution in [-0.2, 0) is 0 Å². The van der Waals surface area contributed by atoms with Gasteiger partial charge in [-0.25, -0.2) is 0 Å². The number of nitro benzene ring substituents is 1. The molecular formula is C14H17N3O2. The van der Waals surface area contributed by atoms with Gasteiger partial charge < -0.3 is 4.90 Å². The summed E-state index contributed by atoms with van der Waals surface area (Å²) in [5.41, 5.74) is 1.17. The minimum Gasteiger partial charge on any atom is -0.370 e. The third kappa shape index (κ3) is 2.68. The average molecular weight is 259 g/mol. The van der Waals surface area contributed by atoms with Gasteiger partial charge in [-0.15, -0.1) is 0 Å². The standard InChI is InChI=1S/C14H17N3O2/c1-10-5-6-16(9-11(10)2)14-4-3-13(17(18)19)7-12(14)8-15/h3-4,7,10-11H,5-6,9H2,1-2H3. The maximum atomic E-state index is 10.7. The first kappa shape index (κ1) is 13.3. The molecule has 1 aliphatic heterocycles. The van der Waals surface area contributed by atoms with E-state index < -0.39 is 4.92 Å². The minimum absolute atomic E-state index is 0.0290. The van der Waals surface area contributed by atoms with Crippen molar-refractivity contribution in [2.75, 3.05) is 18.0 Å². The molecule has 2 atom stereocenters. The number of piperidine rings is 1. The number of benzene rings is 1. The van der Waals surface area contributed by atoms with E-state index in [4.69, 9.17) is 0 Å². The zero-order valence-corrected chi connectivity index (χ0v) is 11.2. The lowest BCUT2D eigenvalue weighted by Crippen LogP contribution is -2.38. The summed E-state index contributed by atoms with van der Waals surface area (Å²) >= 11 is 0. The largest absolute Gasteiger partial charge is 0.370 e. The van der Waals surface area contributed by atoms with Crippen molar-refractivity contribution in [3.05, 3.63) is 33.9 Å². The van der Waals surface area contributed by atoms with Crippen molar-refractivity contribution in [1.29, 1.82) is 5.26 Å². The summed E-state index contributed by atoms with van der Waals surface area (Å²) in [6.07, 6.45) is 1.09. The average Bonchev–Trinajstić information content (AvgIpc) is 2.41. The highest BCUT2D eigenvalue weighted by atomic mass is 16.6.